The summed E-state index contributed by atoms with van der Waals surface area (Å²) < 4.78 is 5.61. The first kappa shape index (κ1) is 12.7. The predicted octanol–water partition coefficient (Wildman–Crippen LogP) is 2.15. The highest BCUT2D eigenvalue weighted by atomic mass is 16.5. The fraction of sp³-hybridized carbons (Fsp3) is 0.333. The number of rotatable bonds is 5. The van der Waals surface area contributed by atoms with E-state index < -0.39 is 11.9 Å². The first-order valence-corrected chi connectivity index (χ1v) is 6.72. The van der Waals surface area contributed by atoms with Crippen LogP contribution in [0.15, 0.2) is 30.3 Å². The Morgan fingerprint density at radius 2 is 2.20 bits per heavy atom. The second kappa shape index (κ2) is 5.36. The molecule has 0 spiro atoms. The zero-order valence-electron chi connectivity index (χ0n) is 11.0. The van der Waals surface area contributed by atoms with Gasteiger partial charge in [-0.3, -0.25) is 4.79 Å². The monoisotopic (exact) mass is 272 g/mol. The number of carbonyl (C=O) groups is 1. The molecule has 1 atom stereocenters. The summed E-state index contributed by atoms with van der Waals surface area (Å²) in [5.74, 6) is 0.388. The van der Waals surface area contributed by atoms with E-state index in [1.54, 1.807) is 0 Å². The normalized spacial score (nSPS) is 16.9. The summed E-state index contributed by atoms with van der Waals surface area (Å²) in [6.07, 6.45) is 2.05. The van der Waals surface area contributed by atoms with E-state index in [0.717, 1.165) is 23.7 Å². The summed E-state index contributed by atoms with van der Waals surface area (Å²) in [4.78, 5) is 18.7. The molecule has 2 N–H and O–H groups in total. The Kier molecular flexibility index (Phi) is 3.41. The highest BCUT2D eigenvalue weighted by molar-refractivity contribution is 5.76. The number of hydrogen-bond donors (Lipinski definition) is 2. The molecule has 0 amide bonds. The van der Waals surface area contributed by atoms with Crippen LogP contribution < -0.4 is 4.74 Å². The number of carboxylic acids is 1. The minimum Gasteiger partial charge on any atom is -0.493 e. The minimum absolute atomic E-state index is 0.454. The van der Waals surface area contributed by atoms with Crippen molar-refractivity contribution < 1.29 is 14.6 Å². The van der Waals surface area contributed by atoms with Crippen molar-refractivity contribution in [2.24, 2.45) is 0 Å². The molecule has 0 saturated heterocycles. The fourth-order valence-electron chi connectivity index (χ4n) is 2.52. The van der Waals surface area contributed by atoms with Gasteiger partial charge in [0.25, 0.3) is 0 Å². The lowest BCUT2D eigenvalue weighted by Gasteiger charge is -2.04. The van der Waals surface area contributed by atoms with Gasteiger partial charge in [-0.2, -0.15) is 0 Å². The summed E-state index contributed by atoms with van der Waals surface area (Å²) in [6, 6.07) is 9.60. The van der Waals surface area contributed by atoms with E-state index >= 15 is 0 Å². The van der Waals surface area contributed by atoms with Crippen molar-refractivity contribution in [3.8, 4) is 5.75 Å². The third-order valence-corrected chi connectivity index (χ3v) is 3.52. The van der Waals surface area contributed by atoms with Gasteiger partial charge in [-0.05, 0) is 25.0 Å². The number of carboxylic acid groups (broad SMARTS) is 1. The lowest BCUT2D eigenvalue weighted by molar-refractivity contribution is -0.138. The maximum absolute atomic E-state index is 11.1. The molecule has 20 heavy (non-hydrogen) atoms. The number of imidazole rings is 1. The number of para-hydroxylation sites is 1. The van der Waals surface area contributed by atoms with Crippen molar-refractivity contribution in [2.75, 3.05) is 6.61 Å². The molecule has 1 aliphatic carbocycles. The summed E-state index contributed by atoms with van der Waals surface area (Å²) >= 11 is 0. The lowest BCUT2D eigenvalue weighted by Crippen LogP contribution is -2.09. The number of hydrogen-bond acceptors (Lipinski definition) is 3. The molecule has 0 bridgehead atoms. The van der Waals surface area contributed by atoms with Gasteiger partial charge < -0.3 is 14.8 Å². The molecular weight excluding hydrogens is 256 g/mol. The van der Waals surface area contributed by atoms with Gasteiger partial charge in [-0.15, -0.1) is 0 Å². The molecule has 0 saturated carbocycles. The van der Waals surface area contributed by atoms with Gasteiger partial charge in [-0.1, -0.05) is 18.2 Å². The van der Waals surface area contributed by atoms with Crippen LogP contribution in [0.4, 0.5) is 0 Å². The van der Waals surface area contributed by atoms with E-state index in [1.807, 2.05) is 30.3 Å². The van der Waals surface area contributed by atoms with Gasteiger partial charge in [0.05, 0.1) is 12.3 Å². The fourth-order valence-corrected chi connectivity index (χ4v) is 2.52. The highest BCUT2D eigenvalue weighted by Gasteiger charge is 2.31. The molecule has 2 aromatic rings. The van der Waals surface area contributed by atoms with Gasteiger partial charge in [0.2, 0.25) is 0 Å². The minimum atomic E-state index is -0.790. The number of nitrogens with one attached hydrogen (secondary N) is 1. The molecule has 3 rings (SSSR count). The molecule has 5 heteroatoms. The van der Waals surface area contributed by atoms with Crippen LogP contribution in [0.25, 0.3) is 0 Å². The van der Waals surface area contributed by atoms with E-state index in [-0.39, 0.29) is 0 Å². The van der Waals surface area contributed by atoms with Crippen LogP contribution in [0.1, 0.15) is 29.6 Å². The SMILES string of the molecule is O=C(O)C1CCc2[nH]c(CCOc3ccccc3)nc21. The van der Waals surface area contributed by atoms with Crippen LogP contribution >= 0.6 is 0 Å². The second-order valence-corrected chi connectivity index (χ2v) is 4.89. The quantitative estimate of drug-likeness (QED) is 0.874. The maximum Gasteiger partial charge on any atom is 0.312 e. The Morgan fingerprint density at radius 3 is 2.95 bits per heavy atom. The summed E-state index contributed by atoms with van der Waals surface area (Å²) in [5.41, 5.74) is 1.67. The molecule has 0 radical (unpaired) electrons. The van der Waals surface area contributed by atoms with E-state index in [2.05, 4.69) is 9.97 Å². The average Bonchev–Trinajstić information content (AvgIpc) is 2.99. The highest BCUT2D eigenvalue weighted by Crippen LogP contribution is 2.31. The Balaban J connectivity index is 1.60. The Morgan fingerprint density at radius 1 is 1.40 bits per heavy atom. The lowest BCUT2D eigenvalue weighted by atomic mass is 10.1. The molecule has 104 valence electrons. The first-order valence-electron chi connectivity index (χ1n) is 6.72. The van der Waals surface area contributed by atoms with Gasteiger partial charge in [0.15, 0.2) is 0 Å². The van der Waals surface area contributed by atoms with Crippen molar-refractivity contribution in [1.82, 2.24) is 9.97 Å². The van der Waals surface area contributed by atoms with Gasteiger partial charge in [0.1, 0.15) is 17.5 Å². The van der Waals surface area contributed by atoms with E-state index in [1.165, 1.54) is 0 Å². The van der Waals surface area contributed by atoms with Crippen LogP contribution in [-0.2, 0) is 17.6 Å². The number of H-pyrrole nitrogens is 1. The molecule has 0 fully saturated rings. The third kappa shape index (κ3) is 2.52. The molecular formula is C15H16N2O3. The average molecular weight is 272 g/mol. The number of aromatic amines is 1. The smallest absolute Gasteiger partial charge is 0.312 e. The van der Waals surface area contributed by atoms with Crippen molar-refractivity contribution in [3.63, 3.8) is 0 Å². The van der Waals surface area contributed by atoms with E-state index in [9.17, 15) is 4.79 Å². The zero-order valence-corrected chi connectivity index (χ0v) is 11.0. The summed E-state index contributed by atoms with van der Waals surface area (Å²) in [6.45, 7) is 0.522. The summed E-state index contributed by atoms with van der Waals surface area (Å²) in [5, 5.41) is 9.12. The molecule has 1 aromatic carbocycles. The first-order chi connectivity index (χ1) is 9.74. The number of aliphatic carboxylic acids is 1. The third-order valence-electron chi connectivity index (χ3n) is 3.52. The van der Waals surface area contributed by atoms with Crippen molar-refractivity contribution in [1.29, 1.82) is 0 Å². The molecule has 0 aliphatic heterocycles. The van der Waals surface area contributed by atoms with Crippen LogP contribution in [0.5, 0.6) is 5.75 Å². The number of nitrogens with zero attached hydrogens (tertiary/aromatic N) is 1. The van der Waals surface area contributed by atoms with E-state index in [4.69, 9.17) is 9.84 Å². The van der Waals surface area contributed by atoms with Gasteiger partial charge in [-0.25, -0.2) is 4.98 Å². The van der Waals surface area contributed by atoms with Crippen molar-refractivity contribution in [2.45, 2.75) is 25.2 Å². The molecule has 1 heterocycles. The molecule has 5 nitrogen and oxygen atoms in total. The molecule has 1 aromatic heterocycles. The maximum atomic E-state index is 11.1. The van der Waals surface area contributed by atoms with Crippen LogP contribution in [0.2, 0.25) is 0 Å². The number of ether oxygens (including phenoxy) is 1. The number of aryl methyl sites for hydroxylation is 1. The van der Waals surface area contributed by atoms with Crippen LogP contribution in [-0.4, -0.2) is 27.7 Å². The second-order valence-electron chi connectivity index (χ2n) is 4.89. The zero-order chi connectivity index (χ0) is 13.9. The Labute approximate surface area is 116 Å². The molecule has 1 aliphatic rings. The van der Waals surface area contributed by atoms with Gasteiger partial charge in [0, 0.05) is 12.1 Å². The van der Waals surface area contributed by atoms with Crippen LogP contribution in [0.3, 0.4) is 0 Å². The summed E-state index contributed by atoms with van der Waals surface area (Å²) in [7, 11) is 0. The number of fused-ring (bicyclic) bond motifs is 1. The van der Waals surface area contributed by atoms with Gasteiger partial charge >= 0.3 is 5.97 Å². The number of aromatic nitrogens is 2. The number of benzene rings is 1. The van der Waals surface area contributed by atoms with E-state index in [0.29, 0.717) is 25.1 Å². The largest absolute Gasteiger partial charge is 0.493 e. The topological polar surface area (TPSA) is 75.2 Å². The Bertz CT molecular complexity index is 607. The molecule has 1 unspecified atom stereocenters. The predicted molar refractivity (Wildman–Crippen MR) is 72.9 cm³/mol. The van der Waals surface area contributed by atoms with Crippen LogP contribution in [0, 0.1) is 0 Å². The van der Waals surface area contributed by atoms with Crippen molar-refractivity contribution >= 4 is 5.97 Å². The standard InChI is InChI=1S/C15H16N2O3/c18-15(19)11-6-7-12-14(11)17-13(16-12)8-9-20-10-4-2-1-3-5-10/h1-5,11H,6-9H2,(H,16,17)(H,18,19). The van der Waals surface area contributed by atoms with Crippen molar-refractivity contribution in [3.05, 3.63) is 47.5 Å². The Hall–Kier alpha value is -2.30.